The number of nitrogens with zero attached hydrogens (tertiary/aromatic N) is 1. The first kappa shape index (κ1) is 20.9. The number of rotatable bonds is 9. The maximum Gasteiger partial charge on any atom is 0.321 e. The van der Waals surface area contributed by atoms with Crippen LogP contribution in [0.15, 0.2) is 24.3 Å². The zero-order valence-corrected chi connectivity index (χ0v) is 15.3. The molecule has 0 aliphatic carbocycles. The van der Waals surface area contributed by atoms with Gasteiger partial charge in [0, 0.05) is 13.1 Å². The number of nitrogens with one attached hydrogen (secondary N) is 2. The summed E-state index contributed by atoms with van der Waals surface area (Å²) < 4.78 is 18.3. The topological polar surface area (TPSA) is 70.7 Å². The molecular weight excluding hydrogens is 325 g/mol. The van der Waals surface area contributed by atoms with E-state index in [-0.39, 0.29) is 11.7 Å². The van der Waals surface area contributed by atoms with Crippen molar-refractivity contribution in [2.45, 2.75) is 33.2 Å². The molecule has 1 unspecified atom stereocenters. The van der Waals surface area contributed by atoms with Gasteiger partial charge in [-0.15, -0.1) is 0 Å². The number of likely N-dealkylation sites (N-methyl/N-ethyl adjacent to an activating group) is 1. The van der Waals surface area contributed by atoms with Crippen LogP contribution < -0.4 is 15.4 Å². The fourth-order valence-corrected chi connectivity index (χ4v) is 1.99. The Bertz CT molecular complexity index is 549. The van der Waals surface area contributed by atoms with Gasteiger partial charge in [-0.2, -0.15) is 0 Å². The van der Waals surface area contributed by atoms with Crippen LogP contribution in [0.4, 0.5) is 9.18 Å². The lowest BCUT2D eigenvalue weighted by molar-refractivity contribution is -0.124. The lowest BCUT2D eigenvalue weighted by Crippen LogP contribution is -2.49. The molecule has 1 aromatic carbocycles. The SMILES string of the molecule is CC(C)CNC(=O)NC(=O)C(C)N(C)CCCOc1ccc(F)cc1. The summed E-state index contributed by atoms with van der Waals surface area (Å²) >= 11 is 0. The molecule has 7 heteroatoms. The van der Waals surface area contributed by atoms with E-state index in [9.17, 15) is 14.0 Å². The fraction of sp³-hybridized carbons (Fsp3) is 0.556. The van der Waals surface area contributed by atoms with Crippen molar-refractivity contribution in [3.8, 4) is 5.75 Å². The monoisotopic (exact) mass is 353 g/mol. The second-order valence-electron chi connectivity index (χ2n) is 6.41. The molecule has 140 valence electrons. The number of amides is 3. The Labute approximate surface area is 148 Å². The molecule has 0 aromatic heterocycles. The van der Waals surface area contributed by atoms with Crippen molar-refractivity contribution < 1.29 is 18.7 Å². The van der Waals surface area contributed by atoms with Crippen molar-refractivity contribution in [1.29, 1.82) is 0 Å². The van der Waals surface area contributed by atoms with Crippen molar-refractivity contribution in [2.75, 3.05) is 26.7 Å². The van der Waals surface area contributed by atoms with Crippen LogP contribution in [0.1, 0.15) is 27.2 Å². The minimum atomic E-state index is -0.474. The molecule has 25 heavy (non-hydrogen) atoms. The van der Waals surface area contributed by atoms with Gasteiger partial charge in [-0.25, -0.2) is 9.18 Å². The van der Waals surface area contributed by atoms with Gasteiger partial charge >= 0.3 is 6.03 Å². The van der Waals surface area contributed by atoms with Gasteiger partial charge < -0.3 is 10.1 Å². The maximum atomic E-state index is 12.8. The molecule has 0 aliphatic heterocycles. The first-order valence-electron chi connectivity index (χ1n) is 8.47. The summed E-state index contributed by atoms with van der Waals surface area (Å²) in [6, 6.07) is 4.93. The third-order valence-electron chi connectivity index (χ3n) is 3.69. The number of hydrogen-bond donors (Lipinski definition) is 2. The van der Waals surface area contributed by atoms with E-state index in [2.05, 4.69) is 10.6 Å². The Balaban J connectivity index is 2.26. The van der Waals surface area contributed by atoms with Gasteiger partial charge in [-0.05, 0) is 50.6 Å². The average molecular weight is 353 g/mol. The number of benzene rings is 1. The lowest BCUT2D eigenvalue weighted by Gasteiger charge is -2.23. The predicted octanol–water partition coefficient (Wildman–Crippen LogP) is 2.40. The van der Waals surface area contributed by atoms with Crippen molar-refractivity contribution in [1.82, 2.24) is 15.5 Å². The number of carbonyl (C=O) groups is 2. The van der Waals surface area contributed by atoms with Crippen LogP contribution >= 0.6 is 0 Å². The molecule has 0 spiro atoms. The van der Waals surface area contributed by atoms with E-state index in [0.717, 1.165) is 0 Å². The molecule has 1 aromatic rings. The first-order chi connectivity index (χ1) is 11.8. The fourth-order valence-electron chi connectivity index (χ4n) is 1.99. The Morgan fingerprint density at radius 3 is 2.44 bits per heavy atom. The molecule has 0 radical (unpaired) electrons. The third kappa shape index (κ3) is 8.49. The van der Waals surface area contributed by atoms with E-state index >= 15 is 0 Å². The molecule has 2 N–H and O–H groups in total. The number of hydrogen-bond acceptors (Lipinski definition) is 4. The summed E-state index contributed by atoms with van der Waals surface area (Å²) in [6.07, 6.45) is 0.699. The van der Waals surface area contributed by atoms with Crippen LogP contribution in [0.25, 0.3) is 0 Å². The first-order valence-corrected chi connectivity index (χ1v) is 8.47. The van der Waals surface area contributed by atoms with Crippen LogP contribution in [-0.2, 0) is 4.79 Å². The van der Waals surface area contributed by atoms with E-state index in [1.54, 1.807) is 19.1 Å². The van der Waals surface area contributed by atoms with Crippen LogP contribution in [0.3, 0.4) is 0 Å². The van der Waals surface area contributed by atoms with Crippen LogP contribution in [-0.4, -0.2) is 49.6 Å². The number of halogens is 1. The van der Waals surface area contributed by atoms with Crippen molar-refractivity contribution in [2.24, 2.45) is 5.92 Å². The van der Waals surface area contributed by atoms with Gasteiger partial charge in [0.2, 0.25) is 5.91 Å². The van der Waals surface area contributed by atoms with Crippen molar-refractivity contribution >= 4 is 11.9 Å². The quantitative estimate of drug-likeness (QED) is 0.669. The minimum Gasteiger partial charge on any atom is -0.494 e. The standard InChI is InChI=1S/C18H28FN3O3/c1-13(2)12-20-18(24)21-17(23)14(3)22(4)10-5-11-25-16-8-6-15(19)7-9-16/h6-9,13-14H,5,10-12H2,1-4H3,(H2,20,21,23,24). The molecule has 1 atom stereocenters. The molecule has 0 fully saturated rings. The highest BCUT2D eigenvalue weighted by Gasteiger charge is 2.19. The maximum absolute atomic E-state index is 12.8. The van der Waals surface area contributed by atoms with E-state index in [1.165, 1.54) is 12.1 Å². The van der Waals surface area contributed by atoms with Gasteiger partial charge in [-0.3, -0.25) is 15.0 Å². The number of ether oxygens (including phenoxy) is 1. The van der Waals surface area contributed by atoms with E-state index < -0.39 is 12.1 Å². The Morgan fingerprint density at radius 1 is 1.20 bits per heavy atom. The zero-order chi connectivity index (χ0) is 18.8. The highest BCUT2D eigenvalue weighted by Crippen LogP contribution is 2.11. The average Bonchev–Trinajstić information content (AvgIpc) is 2.57. The molecule has 6 nitrogen and oxygen atoms in total. The molecule has 0 bridgehead atoms. The highest BCUT2D eigenvalue weighted by atomic mass is 19.1. The molecule has 0 heterocycles. The second-order valence-corrected chi connectivity index (χ2v) is 6.41. The molecule has 3 amide bonds. The number of imide groups is 1. The largest absolute Gasteiger partial charge is 0.494 e. The van der Waals surface area contributed by atoms with Crippen LogP contribution in [0.5, 0.6) is 5.75 Å². The Hall–Kier alpha value is -2.15. The summed E-state index contributed by atoms with van der Waals surface area (Å²) in [7, 11) is 1.81. The van der Waals surface area contributed by atoms with E-state index in [1.807, 2.05) is 25.8 Å². The predicted molar refractivity (Wildman–Crippen MR) is 95.0 cm³/mol. The van der Waals surface area contributed by atoms with Gasteiger partial charge in [0.25, 0.3) is 0 Å². The molecule has 0 aliphatic rings. The normalized spacial score (nSPS) is 12.1. The third-order valence-corrected chi connectivity index (χ3v) is 3.69. The summed E-state index contributed by atoms with van der Waals surface area (Å²) in [6.45, 7) is 7.30. The van der Waals surface area contributed by atoms with Crippen LogP contribution in [0.2, 0.25) is 0 Å². The zero-order valence-electron chi connectivity index (χ0n) is 15.3. The van der Waals surface area contributed by atoms with E-state index in [4.69, 9.17) is 4.74 Å². The lowest BCUT2D eigenvalue weighted by atomic mass is 10.2. The number of carbonyl (C=O) groups excluding carboxylic acids is 2. The summed E-state index contributed by atoms with van der Waals surface area (Å²) in [4.78, 5) is 25.5. The molecule has 0 saturated heterocycles. The smallest absolute Gasteiger partial charge is 0.321 e. The van der Waals surface area contributed by atoms with E-state index in [0.29, 0.717) is 37.8 Å². The van der Waals surface area contributed by atoms with Gasteiger partial charge in [-0.1, -0.05) is 13.8 Å². The van der Waals surface area contributed by atoms with Crippen LogP contribution in [0, 0.1) is 11.7 Å². The molecule has 1 rings (SSSR count). The summed E-state index contributed by atoms with van der Waals surface area (Å²) in [5.41, 5.74) is 0. The minimum absolute atomic E-state index is 0.302. The van der Waals surface area contributed by atoms with Gasteiger partial charge in [0.05, 0.1) is 12.6 Å². The summed E-state index contributed by atoms with van der Waals surface area (Å²) in [5, 5.41) is 4.99. The van der Waals surface area contributed by atoms with Crippen molar-refractivity contribution in [3.05, 3.63) is 30.1 Å². The van der Waals surface area contributed by atoms with Crippen molar-refractivity contribution in [3.63, 3.8) is 0 Å². The Kier molecular flexibility index (Phi) is 8.91. The second kappa shape index (κ2) is 10.7. The summed E-state index contributed by atoms with van der Waals surface area (Å²) in [5.74, 6) is 0.284. The molecular formula is C18H28FN3O3. The Morgan fingerprint density at radius 2 is 1.84 bits per heavy atom. The molecule has 0 saturated carbocycles. The van der Waals surface area contributed by atoms with Gasteiger partial charge in [0.1, 0.15) is 11.6 Å². The van der Waals surface area contributed by atoms with Gasteiger partial charge in [0.15, 0.2) is 0 Å². The number of urea groups is 1. The highest BCUT2D eigenvalue weighted by molar-refractivity contribution is 5.96.